The van der Waals surface area contributed by atoms with Gasteiger partial charge in [0, 0.05) is 6.54 Å². The van der Waals surface area contributed by atoms with Gasteiger partial charge in [-0.1, -0.05) is 42.5 Å². The predicted molar refractivity (Wildman–Crippen MR) is 93.6 cm³/mol. The summed E-state index contributed by atoms with van der Waals surface area (Å²) >= 11 is 0. The summed E-state index contributed by atoms with van der Waals surface area (Å²) in [6, 6.07) is 13.1. The van der Waals surface area contributed by atoms with Crippen LogP contribution in [0.1, 0.15) is 17.2 Å². The Kier molecular flexibility index (Phi) is 4.23. The third-order valence-electron chi connectivity index (χ3n) is 4.80. The summed E-state index contributed by atoms with van der Waals surface area (Å²) in [7, 11) is 0. The van der Waals surface area contributed by atoms with Crippen molar-refractivity contribution in [2.24, 2.45) is 5.92 Å². The number of hydrogen-bond acceptors (Lipinski definition) is 3. The van der Waals surface area contributed by atoms with Crippen molar-refractivity contribution in [3.05, 3.63) is 71.5 Å². The van der Waals surface area contributed by atoms with E-state index in [2.05, 4.69) is 16.0 Å². The van der Waals surface area contributed by atoms with E-state index < -0.39 is 41.9 Å². The molecule has 0 spiro atoms. The van der Waals surface area contributed by atoms with Crippen molar-refractivity contribution in [2.75, 3.05) is 0 Å². The van der Waals surface area contributed by atoms with E-state index in [0.717, 1.165) is 5.56 Å². The Morgan fingerprint density at radius 3 is 2.48 bits per heavy atom. The highest BCUT2D eigenvalue weighted by Crippen LogP contribution is 2.32. The summed E-state index contributed by atoms with van der Waals surface area (Å²) in [4.78, 5) is 38.6. The summed E-state index contributed by atoms with van der Waals surface area (Å²) in [6.45, 7) is 0.220. The second-order valence-electron chi connectivity index (χ2n) is 6.53. The fourth-order valence-electron chi connectivity index (χ4n) is 3.57. The average Bonchev–Trinajstić information content (AvgIpc) is 2.65. The molecule has 0 aliphatic carbocycles. The fourth-order valence-corrected chi connectivity index (χ4v) is 3.57. The lowest BCUT2D eigenvalue weighted by Gasteiger charge is -2.46. The number of fused-ring (bicyclic) bond motifs is 1. The van der Waals surface area contributed by atoms with Gasteiger partial charge in [-0.3, -0.25) is 15.0 Å². The monoisotopic (exact) mass is 368 g/mol. The van der Waals surface area contributed by atoms with E-state index in [1.165, 1.54) is 23.1 Å². The first-order valence-electron chi connectivity index (χ1n) is 8.51. The van der Waals surface area contributed by atoms with Crippen molar-refractivity contribution in [1.29, 1.82) is 0 Å². The Balaban J connectivity index is 1.70. The van der Waals surface area contributed by atoms with Crippen LogP contribution in [0.2, 0.25) is 0 Å². The second-order valence-corrected chi connectivity index (χ2v) is 6.53. The average molecular weight is 368 g/mol. The zero-order chi connectivity index (χ0) is 19.0. The summed E-state index contributed by atoms with van der Waals surface area (Å²) < 4.78 is 13.7. The molecule has 7 nitrogen and oxygen atoms in total. The molecular formula is C19H17FN4O3. The molecule has 2 heterocycles. The van der Waals surface area contributed by atoms with Gasteiger partial charge in [0.15, 0.2) is 0 Å². The van der Waals surface area contributed by atoms with Crippen LogP contribution in [-0.2, 0) is 11.3 Å². The zero-order valence-corrected chi connectivity index (χ0v) is 14.2. The van der Waals surface area contributed by atoms with Crippen LogP contribution in [0.5, 0.6) is 0 Å². The molecule has 2 saturated heterocycles. The molecule has 8 heteroatoms. The molecule has 138 valence electrons. The summed E-state index contributed by atoms with van der Waals surface area (Å²) in [6.07, 6.45) is -0.839. The van der Waals surface area contributed by atoms with Crippen LogP contribution < -0.4 is 16.0 Å². The van der Waals surface area contributed by atoms with E-state index in [0.29, 0.717) is 5.56 Å². The highest BCUT2D eigenvalue weighted by molar-refractivity contribution is 6.00. The van der Waals surface area contributed by atoms with E-state index in [9.17, 15) is 18.8 Å². The van der Waals surface area contributed by atoms with E-state index in [4.69, 9.17) is 0 Å². The molecule has 3 atom stereocenters. The third kappa shape index (κ3) is 3.21. The number of imide groups is 1. The van der Waals surface area contributed by atoms with Gasteiger partial charge in [0.25, 0.3) is 0 Å². The van der Waals surface area contributed by atoms with Gasteiger partial charge in [-0.15, -0.1) is 0 Å². The Hall–Kier alpha value is -3.42. The molecule has 3 unspecified atom stereocenters. The molecule has 0 saturated carbocycles. The summed E-state index contributed by atoms with van der Waals surface area (Å²) in [5.41, 5.74) is 1.32. The molecule has 27 heavy (non-hydrogen) atoms. The van der Waals surface area contributed by atoms with Gasteiger partial charge in [0.2, 0.25) is 5.91 Å². The van der Waals surface area contributed by atoms with Crippen molar-refractivity contribution in [3.8, 4) is 0 Å². The molecule has 4 rings (SSSR count). The predicted octanol–water partition coefficient (Wildman–Crippen LogP) is 1.87. The maximum Gasteiger partial charge on any atom is 0.326 e. The molecule has 0 radical (unpaired) electrons. The van der Waals surface area contributed by atoms with E-state index in [1.807, 2.05) is 30.3 Å². The van der Waals surface area contributed by atoms with E-state index in [-0.39, 0.29) is 6.54 Å². The SMILES string of the molecule is O=C1NC(c2cccc(F)c2)C2C(=O)NC(=O)N(Cc3ccccc3)C2N1. The number of hydrogen-bond donors (Lipinski definition) is 3. The minimum Gasteiger partial charge on any atom is -0.330 e. The van der Waals surface area contributed by atoms with Crippen molar-refractivity contribution in [2.45, 2.75) is 18.8 Å². The number of nitrogens with one attached hydrogen (secondary N) is 3. The maximum absolute atomic E-state index is 13.7. The van der Waals surface area contributed by atoms with Crippen LogP contribution in [-0.4, -0.2) is 29.0 Å². The number of benzene rings is 2. The number of urea groups is 2. The van der Waals surface area contributed by atoms with Crippen LogP contribution in [0.3, 0.4) is 0 Å². The molecule has 0 bridgehead atoms. The number of halogens is 1. The van der Waals surface area contributed by atoms with Gasteiger partial charge in [-0.25, -0.2) is 14.0 Å². The van der Waals surface area contributed by atoms with Crippen LogP contribution in [0.15, 0.2) is 54.6 Å². The Morgan fingerprint density at radius 1 is 0.963 bits per heavy atom. The molecule has 2 aliphatic heterocycles. The van der Waals surface area contributed by atoms with E-state index >= 15 is 0 Å². The fraction of sp³-hybridized carbons (Fsp3) is 0.211. The number of carbonyl (C=O) groups excluding carboxylic acids is 3. The van der Waals surface area contributed by atoms with Crippen LogP contribution in [0, 0.1) is 11.7 Å². The minimum atomic E-state index is -0.839. The lowest BCUT2D eigenvalue weighted by Crippen LogP contribution is -2.71. The van der Waals surface area contributed by atoms with E-state index in [1.54, 1.807) is 6.07 Å². The maximum atomic E-state index is 13.7. The molecule has 2 aliphatic rings. The molecule has 3 N–H and O–H groups in total. The Labute approximate surface area is 154 Å². The number of carbonyl (C=O) groups is 3. The third-order valence-corrected chi connectivity index (χ3v) is 4.80. The summed E-state index contributed by atoms with van der Waals surface area (Å²) in [5.74, 6) is -1.78. The van der Waals surface area contributed by atoms with Crippen molar-refractivity contribution >= 4 is 18.0 Å². The first kappa shape index (κ1) is 17.0. The number of amides is 5. The lowest BCUT2D eigenvalue weighted by molar-refractivity contribution is -0.130. The molecule has 2 aromatic rings. The highest BCUT2D eigenvalue weighted by atomic mass is 19.1. The first-order chi connectivity index (χ1) is 13.0. The standard InChI is InChI=1S/C19H17FN4O3/c20-13-8-4-7-12(9-13)15-14-16(22-18(26)21-15)24(19(27)23-17(14)25)10-11-5-2-1-3-6-11/h1-9,14-16H,10H2,(H2,21,22,26)(H,23,25,27). The zero-order valence-electron chi connectivity index (χ0n) is 14.2. The van der Waals surface area contributed by atoms with Crippen molar-refractivity contribution < 1.29 is 18.8 Å². The highest BCUT2D eigenvalue weighted by Gasteiger charge is 2.49. The Bertz CT molecular complexity index is 905. The van der Waals surface area contributed by atoms with Crippen molar-refractivity contribution in [1.82, 2.24) is 20.9 Å². The lowest BCUT2D eigenvalue weighted by atomic mass is 9.86. The topological polar surface area (TPSA) is 90.5 Å². The minimum absolute atomic E-state index is 0.220. The van der Waals surface area contributed by atoms with Crippen LogP contribution in [0.4, 0.5) is 14.0 Å². The van der Waals surface area contributed by atoms with Gasteiger partial charge >= 0.3 is 12.1 Å². The molecule has 0 aromatic heterocycles. The van der Waals surface area contributed by atoms with Crippen molar-refractivity contribution in [3.63, 3.8) is 0 Å². The van der Waals surface area contributed by atoms with Gasteiger partial charge < -0.3 is 10.6 Å². The van der Waals surface area contributed by atoms with Gasteiger partial charge in [0.05, 0.1) is 6.04 Å². The van der Waals surface area contributed by atoms with Crippen LogP contribution in [0.25, 0.3) is 0 Å². The van der Waals surface area contributed by atoms with Gasteiger partial charge in [-0.2, -0.15) is 0 Å². The molecule has 2 aromatic carbocycles. The molecule has 2 fully saturated rings. The largest absolute Gasteiger partial charge is 0.330 e. The normalized spacial score (nSPS) is 24.6. The number of nitrogens with zero attached hydrogens (tertiary/aromatic N) is 1. The van der Waals surface area contributed by atoms with Gasteiger partial charge in [0.1, 0.15) is 17.9 Å². The number of rotatable bonds is 3. The smallest absolute Gasteiger partial charge is 0.326 e. The first-order valence-corrected chi connectivity index (χ1v) is 8.51. The molecule has 5 amide bonds. The molecular weight excluding hydrogens is 351 g/mol. The quantitative estimate of drug-likeness (QED) is 0.773. The second kappa shape index (κ2) is 6.71. The summed E-state index contributed by atoms with van der Waals surface area (Å²) in [5, 5.41) is 7.68. The van der Waals surface area contributed by atoms with Gasteiger partial charge in [-0.05, 0) is 23.3 Å². The Morgan fingerprint density at radius 2 is 1.74 bits per heavy atom. The van der Waals surface area contributed by atoms with Crippen LogP contribution >= 0.6 is 0 Å².